The molecule has 3 nitrogen and oxygen atoms in total. The van der Waals surface area contributed by atoms with E-state index in [9.17, 15) is 0 Å². The lowest BCUT2D eigenvalue weighted by atomic mass is 9.97. The maximum atomic E-state index is 8.94. The second-order valence-electron chi connectivity index (χ2n) is 9.40. The molecular formula is C35H22ClN3. The standard InChI is InChI=1S/C35H22ClN3/c36-35-38-33(26-15-13-25(14-16-26)32-12-6-10-24-9-4-5-11-31(24)32)37-34(39-35)30-20-19-28-21-27(17-18-29(28)22-30)23-7-2-1-3-8-23/h1-22H/i22D. The summed E-state index contributed by atoms with van der Waals surface area (Å²) in [6.45, 7) is 0. The Bertz CT molecular complexity index is 2020. The van der Waals surface area contributed by atoms with Gasteiger partial charge in [0.05, 0.1) is 1.37 Å². The molecule has 7 aromatic rings. The lowest BCUT2D eigenvalue weighted by Gasteiger charge is -2.09. The largest absolute Gasteiger partial charge is 0.226 e. The quantitative estimate of drug-likeness (QED) is 0.232. The van der Waals surface area contributed by atoms with Crippen LogP contribution in [0, 0.1) is 0 Å². The van der Waals surface area contributed by atoms with Crippen LogP contribution in [0.25, 0.3) is 66.6 Å². The molecule has 4 heteroatoms. The van der Waals surface area contributed by atoms with Crippen LogP contribution < -0.4 is 0 Å². The third kappa shape index (κ3) is 4.54. The van der Waals surface area contributed by atoms with Gasteiger partial charge in [-0.05, 0) is 67.5 Å². The van der Waals surface area contributed by atoms with E-state index < -0.39 is 0 Å². The first-order valence-electron chi connectivity index (χ1n) is 13.2. The summed E-state index contributed by atoms with van der Waals surface area (Å²) in [6.07, 6.45) is 0. The molecule has 0 saturated heterocycles. The molecule has 0 aliphatic heterocycles. The Morgan fingerprint density at radius 3 is 1.95 bits per heavy atom. The first-order valence-corrected chi connectivity index (χ1v) is 13.1. The summed E-state index contributed by atoms with van der Waals surface area (Å²) < 4.78 is 8.94. The van der Waals surface area contributed by atoms with Crippen molar-refractivity contribution in [2.75, 3.05) is 0 Å². The van der Waals surface area contributed by atoms with Crippen molar-refractivity contribution in [2.45, 2.75) is 0 Å². The van der Waals surface area contributed by atoms with E-state index in [1.807, 2.05) is 54.6 Å². The van der Waals surface area contributed by atoms with Gasteiger partial charge in [-0.2, -0.15) is 9.97 Å². The summed E-state index contributed by atoms with van der Waals surface area (Å²) in [5.74, 6) is 0.852. The summed E-state index contributed by atoms with van der Waals surface area (Å²) in [7, 11) is 0. The molecule has 39 heavy (non-hydrogen) atoms. The van der Waals surface area contributed by atoms with E-state index in [-0.39, 0.29) is 5.28 Å². The Morgan fingerprint density at radius 2 is 1.10 bits per heavy atom. The molecule has 1 aromatic heterocycles. The Morgan fingerprint density at radius 1 is 0.462 bits per heavy atom. The fourth-order valence-corrected chi connectivity index (χ4v) is 5.15. The van der Waals surface area contributed by atoms with E-state index >= 15 is 0 Å². The lowest BCUT2D eigenvalue weighted by Crippen LogP contribution is -1.97. The molecule has 0 aliphatic carbocycles. The van der Waals surface area contributed by atoms with Crippen LogP contribution in [0.5, 0.6) is 0 Å². The molecule has 0 saturated carbocycles. The second-order valence-corrected chi connectivity index (χ2v) is 9.73. The summed E-state index contributed by atoms with van der Waals surface area (Å²) in [6, 6.07) is 43.5. The molecule has 0 spiro atoms. The van der Waals surface area contributed by atoms with Crippen LogP contribution in [-0.4, -0.2) is 15.0 Å². The van der Waals surface area contributed by atoms with Gasteiger partial charge in [0, 0.05) is 11.1 Å². The summed E-state index contributed by atoms with van der Waals surface area (Å²) in [4.78, 5) is 13.5. The summed E-state index contributed by atoms with van der Waals surface area (Å²) >= 11 is 6.38. The van der Waals surface area contributed by atoms with Crippen molar-refractivity contribution in [1.82, 2.24) is 15.0 Å². The summed E-state index contributed by atoms with van der Waals surface area (Å²) in [5, 5.41) is 4.32. The molecule has 0 aliphatic rings. The van der Waals surface area contributed by atoms with Crippen molar-refractivity contribution in [3.05, 3.63) is 139 Å². The highest BCUT2D eigenvalue weighted by molar-refractivity contribution is 6.28. The predicted octanol–water partition coefficient (Wildman–Crippen LogP) is 9.50. The molecule has 0 N–H and O–H groups in total. The predicted molar refractivity (Wildman–Crippen MR) is 162 cm³/mol. The van der Waals surface area contributed by atoms with Gasteiger partial charge in [0.25, 0.3) is 0 Å². The minimum atomic E-state index is 0.0945. The topological polar surface area (TPSA) is 38.7 Å². The zero-order chi connectivity index (χ0) is 27.1. The first kappa shape index (κ1) is 22.2. The van der Waals surface area contributed by atoms with Crippen LogP contribution in [0.3, 0.4) is 0 Å². The normalized spacial score (nSPS) is 11.6. The number of rotatable bonds is 4. The van der Waals surface area contributed by atoms with E-state index in [0.29, 0.717) is 23.3 Å². The Hall–Kier alpha value is -4.86. The number of fused-ring (bicyclic) bond motifs is 2. The van der Waals surface area contributed by atoms with Gasteiger partial charge < -0.3 is 0 Å². The van der Waals surface area contributed by atoms with Crippen molar-refractivity contribution in [3.8, 4) is 45.0 Å². The van der Waals surface area contributed by atoms with Gasteiger partial charge in [0.15, 0.2) is 11.6 Å². The third-order valence-electron chi connectivity index (χ3n) is 6.95. The molecule has 0 unspecified atom stereocenters. The molecule has 0 atom stereocenters. The minimum Gasteiger partial charge on any atom is -0.208 e. The molecule has 0 fully saturated rings. The Labute approximate surface area is 232 Å². The van der Waals surface area contributed by atoms with E-state index in [4.69, 9.17) is 18.0 Å². The first-order chi connectivity index (χ1) is 19.6. The number of aromatic nitrogens is 3. The van der Waals surface area contributed by atoms with E-state index in [1.54, 1.807) is 0 Å². The zero-order valence-electron chi connectivity index (χ0n) is 21.8. The number of nitrogens with zero attached hydrogens (tertiary/aromatic N) is 3. The maximum Gasteiger partial charge on any atom is 0.226 e. The van der Waals surface area contributed by atoms with Gasteiger partial charge in [-0.15, -0.1) is 0 Å². The van der Waals surface area contributed by atoms with Crippen LogP contribution >= 0.6 is 11.6 Å². The third-order valence-corrected chi connectivity index (χ3v) is 7.12. The minimum absolute atomic E-state index is 0.0945. The maximum absolute atomic E-state index is 8.94. The number of hydrogen-bond donors (Lipinski definition) is 0. The van der Waals surface area contributed by atoms with Crippen molar-refractivity contribution < 1.29 is 1.37 Å². The molecule has 7 rings (SSSR count). The number of hydrogen-bond acceptors (Lipinski definition) is 3. The average molecular weight is 521 g/mol. The fraction of sp³-hybridized carbons (Fsp3) is 0. The van der Waals surface area contributed by atoms with Crippen molar-refractivity contribution in [1.29, 1.82) is 0 Å². The number of benzene rings is 6. The molecule has 6 aromatic carbocycles. The molecule has 184 valence electrons. The molecular weight excluding hydrogens is 498 g/mol. The van der Waals surface area contributed by atoms with Gasteiger partial charge in [-0.1, -0.05) is 121 Å². The Kier molecular flexibility index (Phi) is 5.56. The summed E-state index contributed by atoms with van der Waals surface area (Å²) in [5.41, 5.74) is 5.97. The molecule has 0 amide bonds. The van der Waals surface area contributed by atoms with E-state index in [1.165, 1.54) is 16.3 Å². The van der Waals surface area contributed by atoms with Gasteiger partial charge in [-0.25, -0.2) is 4.98 Å². The van der Waals surface area contributed by atoms with Crippen LogP contribution in [0.1, 0.15) is 1.37 Å². The number of halogens is 1. The molecule has 0 radical (unpaired) electrons. The van der Waals surface area contributed by atoms with Crippen molar-refractivity contribution in [3.63, 3.8) is 0 Å². The fourth-order valence-electron chi connectivity index (χ4n) is 4.99. The van der Waals surface area contributed by atoms with Gasteiger partial charge in [-0.3, -0.25) is 0 Å². The zero-order valence-corrected chi connectivity index (χ0v) is 21.6. The highest BCUT2D eigenvalue weighted by atomic mass is 35.5. The Balaban J connectivity index is 1.25. The van der Waals surface area contributed by atoms with Crippen LogP contribution in [0.4, 0.5) is 0 Å². The monoisotopic (exact) mass is 520 g/mol. The average Bonchev–Trinajstić information content (AvgIpc) is 3.01. The van der Waals surface area contributed by atoms with Crippen LogP contribution in [-0.2, 0) is 0 Å². The van der Waals surface area contributed by atoms with Crippen molar-refractivity contribution >= 4 is 33.1 Å². The highest BCUT2D eigenvalue weighted by Gasteiger charge is 2.12. The lowest BCUT2D eigenvalue weighted by molar-refractivity contribution is 1.07. The van der Waals surface area contributed by atoms with Gasteiger partial charge >= 0.3 is 0 Å². The smallest absolute Gasteiger partial charge is 0.208 e. The SMILES string of the molecule is [2H]c1c(-c2nc(Cl)nc(-c3ccc(-c4cccc5ccccc45)cc3)n2)ccc2cc(-c3ccccc3)ccc12. The van der Waals surface area contributed by atoms with Crippen molar-refractivity contribution in [2.24, 2.45) is 0 Å². The van der Waals surface area contributed by atoms with E-state index in [2.05, 4.69) is 82.8 Å². The van der Waals surface area contributed by atoms with Crippen LogP contribution in [0.2, 0.25) is 5.28 Å². The molecule has 0 bridgehead atoms. The second kappa shape index (κ2) is 9.79. The van der Waals surface area contributed by atoms with E-state index in [0.717, 1.165) is 33.0 Å². The highest BCUT2D eigenvalue weighted by Crippen LogP contribution is 2.31. The van der Waals surface area contributed by atoms with Crippen LogP contribution in [0.15, 0.2) is 133 Å². The van der Waals surface area contributed by atoms with Gasteiger partial charge in [0.1, 0.15) is 0 Å². The van der Waals surface area contributed by atoms with Gasteiger partial charge in [0.2, 0.25) is 5.28 Å². The molecule has 1 heterocycles.